The van der Waals surface area contributed by atoms with E-state index in [9.17, 15) is 9.59 Å². The maximum absolute atomic E-state index is 12.3. The summed E-state index contributed by atoms with van der Waals surface area (Å²) in [5.41, 5.74) is 8.39. The number of anilines is 1. The van der Waals surface area contributed by atoms with Gasteiger partial charge in [0.05, 0.1) is 6.54 Å². The van der Waals surface area contributed by atoms with Crippen LogP contribution in [0.2, 0.25) is 0 Å². The Morgan fingerprint density at radius 2 is 1.90 bits per heavy atom. The Labute approximate surface area is 167 Å². The molecule has 8 heteroatoms. The number of para-hydroxylation sites is 1. The molecule has 3 aromatic rings. The van der Waals surface area contributed by atoms with Crippen LogP contribution < -0.4 is 15.8 Å². The normalized spacial score (nSPS) is 12.9. The van der Waals surface area contributed by atoms with Crippen molar-refractivity contribution < 1.29 is 14.1 Å². The smallest absolute Gasteiger partial charge is 0.269 e. The predicted octanol–water partition coefficient (Wildman–Crippen LogP) is 2.26. The highest BCUT2D eigenvalue weighted by atomic mass is 16.5. The molecule has 0 atom stereocenters. The van der Waals surface area contributed by atoms with E-state index in [2.05, 4.69) is 27.1 Å². The highest BCUT2D eigenvalue weighted by Crippen LogP contribution is 2.26. The van der Waals surface area contributed by atoms with Crippen molar-refractivity contribution >= 4 is 17.5 Å². The Bertz CT molecular complexity index is 1030. The molecule has 29 heavy (non-hydrogen) atoms. The van der Waals surface area contributed by atoms with Gasteiger partial charge in [0, 0.05) is 23.4 Å². The standard InChI is InChI=1S/C21H21N5O3/c1-14-22-21(29-25-14)17-10-8-16(9-11-17)20(28)24-23-19(27)13-26-12-4-6-15-5-2-3-7-18(15)26/h2-3,5,7-11H,4,6,12-13H2,1H3,(H,23,27)(H,24,28). The molecule has 2 N–H and O–H groups in total. The lowest BCUT2D eigenvalue weighted by Crippen LogP contribution is -2.47. The quantitative estimate of drug-likeness (QED) is 0.662. The van der Waals surface area contributed by atoms with Crippen molar-refractivity contribution in [2.75, 3.05) is 18.0 Å². The Morgan fingerprint density at radius 1 is 1.10 bits per heavy atom. The van der Waals surface area contributed by atoms with Crippen molar-refractivity contribution in [3.05, 3.63) is 65.5 Å². The molecule has 1 aromatic heterocycles. The van der Waals surface area contributed by atoms with Gasteiger partial charge in [0.25, 0.3) is 17.7 Å². The van der Waals surface area contributed by atoms with Crippen LogP contribution in [-0.4, -0.2) is 35.0 Å². The molecule has 0 spiro atoms. The highest BCUT2D eigenvalue weighted by molar-refractivity contribution is 5.96. The second kappa shape index (κ2) is 8.14. The molecule has 2 amide bonds. The summed E-state index contributed by atoms with van der Waals surface area (Å²) in [5.74, 6) is 0.268. The van der Waals surface area contributed by atoms with Gasteiger partial charge in [-0.05, 0) is 55.7 Å². The lowest BCUT2D eigenvalue weighted by Gasteiger charge is -2.30. The van der Waals surface area contributed by atoms with Gasteiger partial charge < -0.3 is 9.42 Å². The Hall–Kier alpha value is -3.68. The maximum Gasteiger partial charge on any atom is 0.269 e. The van der Waals surface area contributed by atoms with Crippen LogP contribution in [0, 0.1) is 6.92 Å². The molecule has 0 bridgehead atoms. The number of carbonyl (C=O) groups is 2. The van der Waals surface area contributed by atoms with Crippen LogP contribution in [0.3, 0.4) is 0 Å². The van der Waals surface area contributed by atoms with Crippen molar-refractivity contribution in [2.24, 2.45) is 0 Å². The Kier molecular flexibility index (Phi) is 5.24. The minimum atomic E-state index is -0.398. The second-order valence-corrected chi connectivity index (χ2v) is 6.88. The van der Waals surface area contributed by atoms with Crippen LogP contribution in [0.15, 0.2) is 53.1 Å². The molecule has 2 aromatic carbocycles. The number of carbonyl (C=O) groups excluding carboxylic acids is 2. The Morgan fingerprint density at radius 3 is 2.66 bits per heavy atom. The summed E-state index contributed by atoms with van der Waals surface area (Å²) in [6.07, 6.45) is 2.02. The van der Waals surface area contributed by atoms with E-state index in [1.807, 2.05) is 23.1 Å². The number of rotatable bonds is 4. The van der Waals surface area contributed by atoms with Crippen LogP contribution in [-0.2, 0) is 11.2 Å². The highest BCUT2D eigenvalue weighted by Gasteiger charge is 2.19. The summed E-state index contributed by atoms with van der Waals surface area (Å²) < 4.78 is 5.10. The monoisotopic (exact) mass is 391 g/mol. The van der Waals surface area contributed by atoms with Gasteiger partial charge in [-0.2, -0.15) is 4.98 Å². The number of nitrogens with one attached hydrogen (secondary N) is 2. The zero-order chi connectivity index (χ0) is 20.2. The van der Waals surface area contributed by atoms with E-state index in [-0.39, 0.29) is 12.5 Å². The summed E-state index contributed by atoms with van der Waals surface area (Å²) in [6.45, 7) is 2.74. The van der Waals surface area contributed by atoms with Crippen molar-refractivity contribution in [1.29, 1.82) is 0 Å². The van der Waals surface area contributed by atoms with Crippen molar-refractivity contribution in [3.8, 4) is 11.5 Å². The first-order valence-corrected chi connectivity index (χ1v) is 9.43. The van der Waals surface area contributed by atoms with E-state index in [1.165, 1.54) is 5.56 Å². The van der Waals surface area contributed by atoms with Gasteiger partial charge in [-0.15, -0.1) is 0 Å². The van der Waals surface area contributed by atoms with Crippen molar-refractivity contribution in [3.63, 3.8) is 0 Å². The number of hydrazine groups is 1. The maximum atomic E-state index is 12.3. The molecule has 0 saturated heterocycles. The van der Waals surface area contributed by atoms with E-state index >= 15 is 0 Å². The molecule has 2 heterocycles. The first kappa shape index (κ1) is 18.7. The lowest BCUT2D eigenvalue weighted by molar-refractivity contribution is -0.120. The fraction of sp³-hybridized carbons (Fsp3) is 0.238. The van der Waals surface area contributed by atoms with Gasteiger partial charge in [-0.3, -0.25) is 20.4 Å². The van der Waals surface area contributed by atoms with E-state index in [1.54, 1.807) is 31.2 Å². The molecular weight excluding hydrogens is 370 g/mol. The fourth-order valence-electron chi connectivity index (χ4n) is 3.37. The molecule has 0 aliphatic carbocycles. The van der Waals surface area contributed by atoms with Gasteiger partial charge in [-0.25, -0.2) is 0 Å². The van der Waals surface area contributed by atoms with Crippen LogP contribution in [0.1, 0.15) is 28.2 Å². The van der Waals surface area contributed by atoms with Gasteiger partial charge in [0.1, 0.15) is 0 Å². The van der Waals surface area contributed by atoms with Gasteiger partial charge in [0.15, 0.2) is 5.82 Å². The summed E-state index contributed by atoms with van der Waals surface area (Å²) in [4.78, 5) is 30.8. The minimum absolute atomic E-state index is 0.187. The number of nitrogens with zero attached hydrogens (tertiary/aromatic N) is 3. The molecule has 1 aliphatic rings. The molecule has 1 aliphatic heterocycles. The lowest BCUT2D eigenvalue weighted by atomic mass is 10.0. The minimum Gasteiger partial charge on any atom is -0.362 e. The first-order valence-electron chi connectivity index (χ1n) is 9.43. The number of benzene rings is 2. The molecule has 148 valence electrons. The van der Waals surface area contributed by atoms with E-state index in [0.29, 0.717) is 17.3 Å². The van der Waals surface area contributed by atoms with E-state index < -0.39 is 5.91 Å². The average molecular weight is 391 g/mol. The number of hydrogen-bond acceptors (Lipinski definition) is 6. The van der Waals surface area contributed by atoms with Crippen molar-refractivity contribution in [1.82, 2.24) is 21.0 Å². The zero-order valence-electron chi connectivity index (χ0n) is 16.0. The van der Waals surface area contributed by atoms with Crippen LogP contribution >= 0.6 is 0 Å². The fourth-order valence-corrected chi connectivity index (χ4v) is 3.37. The molecule has 0 unspecified atom stereocenters. The molecule has 0 saturated carbocycles. The largest absolute Gasteiger partial charge is 0.362 e. The number of aromatic nitrogens is 2. The predicted molar refractivity (Wildman–Crippen MR) is 107 cm³/mol. The third-order valence-electron chi connectivity index (χ3n) is 4.78. The third kappa shape index (κ3) is 4.26. The first-order chi connectivity index (χ1) is 14.1. The SMILES string of the molecule is Cc1noc(-c2ccc(C(=O)NNC(=O)CN3CCCc4ccccc43)cc2)n1. The zero-order valence-corrected chi connectivity index (χ0v) is 16.0. The topological polar surface area (TPSA) is 100 Å². The summed E-state index contributed by atoms with van der Waals surface area (Å²) >= 11 is 0. The Balaban J connectivity index is 1.32. The second-order valence-electron chi connectivity index (χ2n) is 6.88. The molecular formula is C21H21N5O3. The van der Waals surface area contributed by atoms with Crippen LogP contribution in [0.4, 0.5) is 5.69 Å². The van der Waals surface area contributed by atoms with Crippen LogP contribution in [0.25, 0.3) is 11.5 Å². The van der Waals surface area contributed by atoms with E-state index in [0.717, 1.165) is 30.6 Å². The number of amides is 2. The van der Waals surface area contributed by atoms with Gasteiger partial charge in [-0.1, -0.05) is 23.4 Å². The third-order valence-corrected chi connectivity index (χ3v) is 4.78. The average Bonchev–Trinajstić information content (AvgIpc) is 3.19. The van der Waals surface area contributed by atoms with Gasteiger partial charge >= 0.3 is 0 Å². The summed E-state index contributed by atoms with van der Waals surface area (Å²) in [5, 5.41) is 3.74. The van der Waals surface area contributed by atoms with Gasteiger partial charge in [0.2, 0.25) is 0 Å². The van der Waals surface area contributed by atoms with E-state index in [4.69, 9.17) is 4.52 Å². The summed E-state index contributed by atoms with van der Waals surface area (Å²) in [6, 6.07) is 14.8. The summed E-state index contributed by atoms with van der Waals surface area (Å²) in [7, 11) is 0. The van der Waals surface area contributed by atoms with Crippen LogP contribution in [0.5, 0.6) is 0 Å². The number of hydrogen-bond donors (Lipinski definition) is 2. The molecule has 0 radical (unpaired) electrons. The molecule has 4 rings (SSSR count). The number of fused-ring (bicyclic) bond motifs is 1. The number of aryl methyl sites for hydroxylation is 2. The molecule has 8 nitrogen and oxygen atoms in total. The van der Waals surface area contributed by atoms with Crippen molar-refractivity contribution in [2.45, 2.75) is 19.8 Å². The molecule has 0 fully saturated rings.